The van der Waals surface area contributed by atoms with Crippen LogP contribution in [0, 0.1) is 0 Å². The highest BCUT2D eigenvalue weighted by Gasteiger charge is 2.24. The van der Waals surface area contributed by atoms with E-state index in [-0.39, 0.29) is 5.56 Å². The summed E-state index contributed by atoms with van der Waals surface area (Å²) < 4.78 is 6.93. The van der Waals surface area contributed by atoms with Gasteiger partial charge in [-0.2, -0.15) is 11.8 Å². The number of hydrogen-bond acceptors (Lipinski definition) is 6. The maximum atomic E-state index is 13.2. The molecule has 2 heterocycles. The van der Waals surface area contributed by atoms with Crippen LogP contribution < -0.4 is 15.6 Å². The largest absolute Gasteiger partial charge is 0.497 e. The first kappa shape index (κ1) is 19.5. The van der Waals surface area contributed by atoms with Crippen molar-refractivity contribution in [2.45, 2.75) is 31.8 Å². The van der Waals surface area contributed by atoms with Crippen LogP contribution in [-0.2, 0) is 19.4 Å². The quantitative estimate of drug-likeness (QED) is 0.600. The van der Waals surface area contributed by atoms with Crippen LogP contribution in [0.2, 0.25) is 0 Å². The van der Waals surface area contributed by atoms with Gasteiger partial charge in [-0.15, -0.1) is 11.3 Å². The molecule has 0 saturated carbocycles. The average Bonchev–Trinajstić information content (AvgIpc) is 3.09. The molecule has 1 aliphatic carbocycles. The van der Waals surface area contributed by atoms with E-state index in [0.717, 1.165) is 53.1 Å². The number of rotatable bonds is 7. The van der Waals surface area contributed by atoms with Gasteiger partial charge in [-0.25, -0.2) is 4.98 Å². The standard InChI is InChI=1S/C21H25N3O2S2/c1-26-16-6-3-14(4-7-16)12-24-13-23-20-19(21(24)25)17-8-5-15(11-18(17)28-20)22-9-10-27-2/h3-4,6-7,13,15,22H,5,8-12H2,1-2H3. The van der Waals surface area contributed by atoms with Crippen molar-refractivity contribution in [1.82, 2.24) is 14.9 Å². The van der Waals surface area contributed by atoms with Gasteiger partial charge in [-0.1, -0.05) is 12.1 Å². The molecule has 4 rings (SSSR count). The third-order valence-corrected chi connectivity index (χ3v) is 7.06. The van der Waals surface area contributed by atoms with Gasteiger partial charge in [0, 0.05) is 23.2 Å². The summed E-state index contributed by atoms with van der Waals surface area (Å²) in [7, 11) is 1.65. The molecule has 0 saturated heterocycles. The van der Waals surface area contributed by atoms with Crippen LogP contribution in [0.25, 0.3) is 10.2 Å². The second kappa shape index (κ2) is 8.68. The zero-order chi connectivity index (χ0) is 19.5. The highest BCUT2D eigenvalue weighted by atomic mass is 32.2. The fraction of sp³-hybridized carbons (Fsp3) is 0.429. The highest BCUT2D eigenvalue weighted by Crippen LogP contribution is 2.33. The number of aromatic nitrogens is 2. The Morgan fingerprint density at radius 2 is 2.18 bits per heavy atom. The minimum Gasteiger partial charge on any atom is -0.497 e. The number of methoxy groups -OCH3 is 1. The molecule has 148 valence electrons. The van der Waals surface area contributed by atoms with Crippen molar-refractivity contribution >= 4 is 33.3 Å². The van der Waals surface area contributed by atoms with E-state index in [1.54, 1.807) is 29.3 Å². The Labute approximate surface area is 173 Å². The number of benzene rings is 1. The average molecular weight is 416 g/mol. The van der Waals surface area contributed by atoms with Gasteiger partial charge in [0.1, 0.15) is 10.6 Å². The van der Waals surface area contributed by atoms with Gasteiger partial charge in [0.15, 0.2) is 0 Å². The number of nitrogens with zero attached hydrogens (tertiary/aromatic N) is 2. The third-order valence-electron chi connectivity index (χ3n) is 5.29. The molecular formula is C21H25N3O2S2. The molecule has 5 nitrogen and oxygen atoms in total. The molecule has 0 aliphatic heterocycles. The molecule has 1 N–H and O–H groups in total. The van der Waals surface area contributed by atoms with Crippen LogP contribution in [0.5, 0.6) is 5.75 Å². The molecule has 1 aromatic carbocycles. The fourth-order valence-corrected chi connectivity index (χ4v) is 5.36. The topological polar surface area (TPSA) is 56.2 Å². The van der Waals surface area contributed by atoms with E-state index in [0.29, 0.717) is 12.6 Å². The Kier molecular flexibility index (Phi) is 6.04. The summed E-state index contributed by atoms with van der Waals surface area (Å²) in [6, 6.07) is 8.33. The minimum absolute atomic E-state index is 0.0760. The van der Waals surface area contributed by atoms with Gasteiger partial charge in [0.05, 0.1) is 25.4 Å². The van der Waals surface area contributed by atoms with Crippen LogP contribution in [0.1, 0.15) is 22.4 Å². The summed E-state index contributed by atoms with van der Waals surface area (Å²) in [6.45, 7) is 1.56. The lowest BCUT2D eigenvalue weighted by Gasteiger charge is -2.23. The molecule has 1 unspecified atom stereocenters. The first-order valence-corrected chi connectivity index (χ1v) is 11.8. The normalized spacial score (nSPS) is 16.3. The predicted molar refractivity (Wildman–Crippen MR) is 118 cm³/mol. The highest BCUT2D eigenvalue weighted by molar-refractivity contribution is 7.98. The molecule has 0 amide bonds. The number of fused-ring (bicyclic) bond motifs is 3. The molecule has 0 spiro atoms. The number of thioether (sulfide) groups is 1. The summed E-state index contributed by atoms with van der Waals surface area (Å²) in [4.78, 5) is 20.0. The van der Waals surface area contributed by atoms with Crippen molar-refractivity contribution in [2.24, 2.45) is 0 Å². The fourth-order valence-electron chi connectivity index (χ4n) is 3.78. The maximum absolute atomic E-state index is 13.2. The monoisotopic (exact) mass is 415 g/mol. The molecule has 0 radical (unpaired) electrons. The summed E-state index contributed by atoms with van der Waals surface area (Å²) in [6.07, 6.45) is 6.86. The number of ether oxygens (including phenoxy) is 1. The molecule has 7 heteroatoms. The Morgan fingerprint density at radius 1 is 1.36 bits per heavy atom. The van der Waals surface area contributed by atoms with Crippen molar-refractivity contribution in [3.05, 3.63) is 57.0 Å². The Hall–Kier alpha value is -1.83. The molecular weight excluding hydrogens is 390 g/mol. The lowest BCUT2D eigenvalue weighted by atomic mass is 9.93. The number of thiophene rings is 1. The first-order valence-electron chi connectivity index (χ1n) is 9.54. The molecule has 3 aromatic rings. The van der Waals surface area contributed by atoms with E-state index in [1.807, 2.05) is 36.0 Å². The van der Waals surface area contributed by atoms with Gasteiger partial charge >= 0.3 is 0 Å². The SMILES string of the molecule is COc1ccc(Cn2cnc3sc4c(c3c2=O)CCC(NCCSC)C4)cc1. The number of nitrogens with one attached hydrogen (secondary N) is 1. The van der Waals surface area contributed by atoms with Gasteiger partial charge in [-0.05, 0) is 48.8 Å². The van der Waals surface area contributed by atoms with E-state index >= 15 is 0 Å². The Morgan fingerprint density at radius 3 is 2.93 bits per heavy atom. The van der Waals surface area contributed by atoms with Crippen molar-refractivity contribution in [3.63, 3.8) is 0 Å². The third kappa shape index (κ3) is 3.97. The van der Waals surface area contributed by atoms with Gasteiger partial charge in [-0.3, -0.25) is 9.36 Å². The summed E-state index contributed by atoms with van der Waals surface area (Å²) in [5.41, 5.74) is 2.36. The van der Waals surface area contributed by atoms with E-state index in [9.17, 15) is 4.79 Å². The van der Waals surface area contributed by atoms with E-state index < -0.39 is 0 Å². The Balaban J connectivity index is 1.58. The molecule has 2 aromatic heterocycles. The first-order chi connectivity index (χ1) is 13.7. The van der Waals surface area contributed by atoms with E-state index in [1.165, 1.54) is 10.4 Å². The van der Waals surface area contributed by atoms with Crippen LogP contribution in [0.4, 0.5) is 0 Å². The second-order valence-corrected chi connectivity index (χ2v) is 9.17. The van der Waals surface area contributed by atoms with Crippen molar-refractivity contribution in [2.75, 3.05) is 25.7 Å². The maximum Gasteiger partial charge on any atom is 0.262 e. The smallest absolute Gasteiger partial charge is 0.262 e. The van der Waals surface area contributed by atoms with E-state index in [2.05, 4.69) is 16.6 Å². The van der Waals surface area contributed by atoms with Gasteiger partial charge in [0.2, 0.25) is 0 Å². The lowest BCUT2D eigenvalue weighted by Crippen LogP contribution is -2.35. The van der Waals surface area contributed by atoms with Crippen LogP contribution >= 0.6 is 23.1 Å². The summed E-state index contributed by atoms with van der Waals surface area (Å²) >= 11 is 3.56. The van der Waals surface area contributed by atoms with Crippen LogP contribution in [0.15, 0.2) is 35.4 Å². The summed E-state index contributed by atoms with van der Waals surface area (Å²) in [5.74, 6) is 1.95. The van der Waals surface area contributed by atoms with Gasteiger partial charge < -0.3 is 10.1 Å². The van der Waals surface area contributed by atoms with Crippen molar-refractivity contribution < 1.29 is 4.74 Å². The van der Waals surface area contributed by atoms with Crippen molar-refractivity contribution in [3.8, 4) is 5.75 Å². The van der Waals surface area contributed by atoms with Crippen molar-refractivity contribution in [1.29, 1.82) is 0 Å². The number of aryl methyl sites for hydroxylation is 1. The molecule has 28 heavy (non-hydrogen) atoms. The van der Waals surface area contributed by atoms with Gasteiger partial charge in [0.25, 0.3) is 5.56 Å². The molecule has 1 aliphatic rings. The number of hydrogen-bond donors (Lipinski definition) is 1. The molecule has 0 bridgehead atoms. The second-order valence-electron chi connectivity index (χ2n) is 7.10. The lowest BCUT2D eigenvalue weighted by molar-refractivity contribution is 0.414. The zero-order valence-corrected chi connectivity index (χ0v) is 17.9. The Bertz CT molecular complexity index is 1010. The van der Waals surface area contributed by atoms with Crippen LogP contribution in [-0.4, -0.2) is 41.3 Å². The predicted octanol–water partition coefficient (Wildman–Crippen LogP) is 3.32. The molecule has 0 fully saturated rings. The zero-order valence-electron chi connectivity index (χ0n) is 16.2. The van der Waals surface area contributed by atoms with E-state index in [4.69, 9.17) is 4.74 Å². The molecule has 1 atom stereocenters. The summed E-state index contributed by atoms with van der Waals surface area (Å²) in [5, 5.41) is 4.48. The minimum atomic E-state index is 0.0760. The van der Waals surface area contributed by atoms with Crippen LogP contribution in [0.3, 0.4) is 0 Å².